The first kappa shape index (κ1) is 11.9. The third kappa shape index (κ3) is 3.52. The van der Waals surface area contributed by atoms with Crippen molar-refractivity contribution in [3.8, 4) is 5.75 Å². The number of thioether (sulfide) groups is 1. The van der Waals surface area contributed by atoms with Crippen LogP contribution >= 0.6 is 27.7 Å². The number of benzene rings is 1. The standard InChI is InChI=1S/C10H13BrO2S/c1-3-12-7-13-10-6-8(14-2)4-5-9(10)11/h4-6H,3,7H2,1-2H3. The van der Waals surface area contributed by atoms with Crippen LogP contribution in [-0.2, 0) is 4.74 Å². The molecule has 0 unspecified atom stereocenters. The second-order valence-electron chi connectivity index (χ2n) is 2.55. The van der Waals surface area contributed by atoms with E-state index in [0.29, 0.717) is 13.4 Å². The molecule has 1 rings (SSSR count). The zero-order chi connectivity index (χ0) is 10.4. The molecule has 0 saturated heterocycles. The van der Waals surface area contributed by atoms with Crippen molar-refractivity contribution in [1.82, 2.24) is 0 Å². The molecule has 0 spiro atoms. The summed E-state index contributed by atoms with van der Waals surface area (Å²) in [5, 5.41) is 0. The van der Waals surface area contributed by atoms with Gasteiger partial charge in [-0.15, -0.1) is 11.8 Å². The third-order valence-electron chi connectivity index (χ3n) is 1.64. The van der Waals surface area contributed by atoms with Crippen LogP contribution in [0.25, 0.3) is 0 Å². The number of hydrogen-bond acceptors (Lipinski definition) is 3. The summed E-state index contributed by atoms with van der Waals surface area (Å²) in [6.45, 7) is 2.91. The van der Waals surface area contributed by atoms with Gasteiger partial charge in [0.1, 0.15) is 5.75 Å². The second kappa shape index (κ2) is 6.32. The van der Waals surface area contributed by atoms with Crippen LogP contribution in [0.4, 0.5) is 0 Å². The van der Waals surface area contributed by atoms with Crippen molar-refractivity contribution >= 4 is 27.7 Å². The minimum atomic E-state index is 0.299. The van der Waals surface area contributed by atoms with Gasteiger partial charge in [-0.3, -0.25) is 0 Å². The SMILES string of the molecule is CCOCOc1cc(SC)ccc1Br. The molecule has 78 valence electrons. The summed E-state index contributed by atoms with van der Waals surface area (Å²) < 4.78 is 11.5. The quantitative estimate of drug-likeness (QED) is 0.466. The van der Waals surface area contributed by atoms with E-state index in [1.807, 2.05) is 31.4 Å². The van der Waals surface area contributed by atoms with Crippen molar-refractivity contribution in [3.63, 3.8) is 0 Å². The summed E-state index contributed by atoms with van der Waals surface area (Å²) >= 11 is 5.11. The molecule has 0 fully saturated rings. The normalized spacial score (nSPS) is 10.2. The maximum atomic E-state index is 5.44. The lowest BCUT2D eigenvalue weighted by molar-refractivity contribution is 0.0218. The number of ether oxygens (including phenoxy) is 2. The lowest BCUT2D eigenvalue weighted by Crippen LogP contribution is -2.02. The molecular weight excluding hydrogens is 264 g/mol. The summed E-state index contributed by atoms with van der Waals surface area (Å²) in [6, 6.07) is 6.02. The predicted molar refractivity (Wildman–Crippen MR) is 63.0 cm³/mol. The van der Waals surface area contributed by atoms with Gasteiger partial charge in [0.05, 0.1) is 4.47 Å². The fourth-order valence-electron chi connectivity index (χ4n) is 0.910. The van der Waals surface area contributed by atoms with Gasteiger partial charge in [0.15, 0.2) is 6.79 Å². The average Bonchev–Trinajstić information content (AvgIpc) is 2.21. The van der Waals surface area contributed by atoms with E-state index in [9.17, 15) is 0 Å². The predicted octanol–water partition coefficient (Wildman–Crippen LogP) is 3.54. The van der Waals surface area contributed by atoms with E-state index in [1.54, 1.807) is 11.8 Å². The fraction of sp³-hybridized carbons (Fsp3) is 0.400. The van der Waals surface area contributed by atoms with Crippen molar-refractivity contribution in [1.29, 1.82) is 0 Å². The summed E-state index contributed by atoms with van der Waals surface area (Å²) in [4.78, 5) is 1.18. The maximum absolute atomic E-state index is 5.44. The first-order valence-corrected chi connectivity index (χ1v) is 6.33. The molecular formula is C10H13BrO2S. The molecule has 1 aromatic carbocycles. The molecule has 0 aliphatic carbocycles. The summed E-state index contributed by atoms with van der Waals surface area (Å²) in [5.41, 5.74) is 0. The Labute approximate surface area is 97.1 Å². The van der Waals surface area contributed by atoms with Gasteiger partial charge in [0.2, 0.25) is 0 Å². The van der Waals surface area contributed by atoms with Crippen LogP contribution in [-0.4, -0.2) is 19.7 Å². The van der Waals surface area contributed by atoms with Crippen LogP contribution in [0, 0.1) is 0 Å². The zero-order valence-corrected chi connectivity index (χ0v) is 10.7. The molecule has 0 aliphatic rings. The molecule has 0 saturated carbocycles. The summed E-state index contributed by atoms with van der Waals surface area (Å²) in [5.74, 6) is 0.824. The largest absolute Gasteiger partial charge is 0.466 e. The van der Waals surface area contributed by atoms with E-state index in [1.165, 1.54) is 4.90 Å². The first-order chi connectivity index (χ1) is 6.77. The Morgan fingerprint density at radius 1 is 1.43 bits per heavy atom. The van der Waals surface area contributed by atoms with Gasteiger partial charge >= 0.3 is 0 Å². The molecule has 2 nitrogen and oxygen atoms in total. The fourth-order valence-corrected chi connectivity index (χ4v) is 1.70. The monoisotopic (exact) mass is 276 g/mol. The molecule has 0 atom stereocenters. The lowest BCUT2D eigenvalue weighted by atomic mass is 10.3. The molecule has 0 aliphatic heterocycles. The van der Waals surface area contributed by atoms with Crippen molar-refractivity contribution in [2.45, 2.75) is 11.8 Å². The second-order valence-corrected chi connectivity index (χ2v) is 4.29. The first-order valence-electron chi connectivity index (χ1n) is 4.32. The van der Waals surface area contributed by atoms with Crippen LogP contribution in [0.15, 0.2) is 27.6 Å². The van der Waals surface area contributed by atoms with Gasteiger partial charge in [-0.05, 0) is 47.3 Å². The number of halogens is 1. The Bertz CT molecular complexity index is 291. The summed E-state index contributed by atoms with van der Waals surface area (Å²) in [6.07, 6.45) is 2.04. The van der Waals surface area contributed by atoms with Gasteiger partial charge in [0.25, 0.3) is 0 Å². The number of hydrogen-bond donors (Lipinski definition) is 0. The van der Waals surface area contributed by atoms with E-state index in [4.69, 9.17) is 9.47 Å². The van der Waals surface area contributed by atoms with Gasteiger partial charge in [-0.2, -0.15) is 0 Å². The van der Waals surface area contributed by atoms with Crippen LogP contribution in [0.2, 0.25) is 0 Å². The van der Waals surface area contributed by atoms with E-state index >= 15 is 0 Å². The molecule has 0 radical (unpaired) electrons. The van der Waals surface area contributed by atoms with Gasteiger partial charge < -0.3 is 9.47 Å². The van der Waals surface area contributed by atoms with Crippen molar-refractivity contribution in [2.24, 2.45) is 0 Å². The summed E-state index contributed by atoms with van der Waals surface area (Å²) in [7, 11) is 0. The Balaban J connectivity index is 2.64. The third-order valence-corrected chi connectivity index (χ3v) is 3.02. The Morgan fingerprint density at radius 2 is 2.21 bits per heavy atom. The molecule has 14 heavy (non-hydrogen) atoms. The smallest absolute Gasteiger partial charge is 0.189 e. The Hall–Kier alpha value is -0.190. The van der Waals surface area contributed by atoms with Gasteiger partial charge in [0, 0.05) is 11.5 Å². The van der Waals surface area contributed by atoms with E-state index in [-0.39, 0.29) is 0 Å². The molecule has 0 amide bonds. The van der Waals surface area contributed by atoms with Crippen molar-refractivity contribution < 1.29 is 9.47 Å². The van der Waals surface area contributed by atoms with Gasteiger partial charge in [-0.25, -0.2) is 0 Å². The topological polar surface area (TPSA) is 18.5 Å². The lowest BCUT2D eigenvalue weighted by Gasteiger charge is -2.08. The van der Waals surface area contributed by atoms with Crippen LogP contribution < -0.4 is 4.74 Å². The molecule has 0 bridgehead atoms. The van der Waals surface area contributed by atoms with Crippen LogP contribution in [0.1, 0.15) is 6.92 Å². The molecule has 0 aromatic heterocycles. The highest BCUT2D eigenvalue weighted by atomic mass is 79.9. The van der Waals surface area contributed by atoms with Crippen LogP contribution in [0.3, 0.4) is 0 Å². The van der Waals surface area contributed by atoms with E-state index < -0.39 is 0 Å². The van der Waals surface area contributed by atoms with Crippen LogP contribution in [0.5, 0.6) is 5.75 Å². The molecule has 0 heterocycles. The highest BCUT2D eigenvalue weighted by Crippen LogP contribution is 2.29. The Kier molecular flexibility index (Phi) is 5.37. The Morgan fingerprint density at radius 3 is 2.86 bits per heavy atom. The van der Waals surface area contributed by atoms with Crippen molar-refractivity contribution in [3.05, 3.63) is 22.7 Å². The van der Waals surface area contributed by atoms with Crippen molar-refractivity contribution in [2.75, 3.05) is 19.7 Å². The molecule has 4 heteroatoms. The minimum Gasteiger partial charge on any atom is -0.466 e. The average molecular weight is 277 g/mol. The zero-order valence-electron chi connectivity index (χ0n) is 8.25. The number of rotatable bonds is 5. The minimum absolute atomic E-state index is 0.299. The van der Waals surface area contributed by atoms with Gasteiger partial charge in [-0.1, -0.05) is 0 Å². The highest BCUT2D eigenvalue weighted by molar-refractivity contribution is 9.10. The molecule has 0 N–H and O–H groups in total. The van der Waals surface area contributed by atoms with E-state index in [2.05, 4.69) is 15.9 Å². The van der Waals surface area contributed by atoms with E-state index in [0.717, 1.165) is 10.2 Å². The highest BCUT2D eigenvalue weighted by Gasteiger charge is 2.01. The molecule has 1 aromatic rings. The maximum Gasteiger partial charge on any atom is 0.189 e.